The second-order valence-corrected chi connectivity index (χ2v) is 7.10. The number of benzene rings is 1. The standard InChI is InChI=1S/C22H37N3O3/c1-3-12-28-21-8-5-7-20(16-21)17-25-22(23-4-2)24-11-6-13-27-18-19-9-14-26-15-10-19/h5,7-8,16,19H,3-4,6,9-15,17-18H2,1-2H3,(H2,23,24,25). The molecular formula is C22H37N3O3. The van der Waals surface area contributed by atoms with Crippen molar-refractivity contribution in [2.24, 2.45) is 10.9 Å². The summed E-state index contributed by atoms with van der Waals surface area (Å²) in [4.78, 5) is 4.68. The first-order chi connectivity index (χ1) is 13.8. The Balaban J connectivity index is 1.67. The zero-order valence-electron chi connectivity index (χ0n) is 17.5. The van der Waals surface area contributed by atoms with Gasteiger partial charge in [-0.1, -0.05) is 19.1 Å². The van der Waals surface area contributed by atoms with Gasteiger partial charge in [0.2, 0.25) is 0 Å². The SMILES string of the molecule is CCCOc1cccc(CN=C(NCC)NCCCOCC2CCOCC2)c1. The predicted molar refractivity (Wildman–Crippen MR) is 114 cm³/mol. The summed E-state index contributed by atoms with van der Waals surface area (Å²) in [6, 6.07) is 8.15. The molecule has 0 spiro atoms. The van der Waals surface area contributed by atoms with Crippen LogP contribution in [0.4, 0.5) is 0 Å². The molecule has 0 amide bonds. The number of guanidine groups is 1. The van der Waals surface area contributed by atoms with E-state index in [-0.39, 0.29) is 0 Å². The second-order valence-electron chi connectivity index (χ2n) is 7.10. The van der Waals surface area contributed by atoms with Crippen LogP contribution in [0.25, 0.3) is 0 Å². The van der Waals surface area contributed by atoms with E-state index in [0.717, 1.165) is 89.1 Å². The summed E-state index contributed by atoms with van der Waals surface area (Å²) in [5.41, 5.74) is 1.14. The van der Waals surface area contributed by atoms with Crippen LogP contribution in [0.1, 0.15) is 45.1 Å². The largest absolute Gasteiger partial charge is 0.494 e. The van der Waals surface area contributed by atoms with Crippen LogP contribution in [-0.4, -0.2) is 52.1 Å². The maximum absolute atomic E-state index is 5.82. The number of nitrogens with zero attached hydrogens (tertiary/aromatic N) is 1. The third-order valence-corrected chi connectivity index (χ3v) is 4.59. The molecule has 0 atom stereocenters. The summed E-state index contributed by atoms with van der Waals surface area (Å²) in [6.07, 6.45) is 4.23. The summed E-state index contributed by atoms with van der Waals surface area (Å²) in [7, 11) is 0. The molecule has 0 aliphatic carbocycles. The van der Waals surface area contributed by atoms with Gasteiger partial charge >= 0.3 is 0 Å². The Labute approximate surface area is 170 Å². The maximum atomic E-state index is 5.82. The lowest BCUT2D eigenvalue weighted by Crippen LogP contribution is -2.38. The van der Waals surface area contributed by atoms with Crippen LogP contribution in [-0.2, 0) is 16.0 Å². The fourth-order valence-corrected chi connectivity index (χ4v) is 3.01. The minimum absolute atomic E-state index is 0.624. The molecule has 1 aromatic carbocycles. The van der Waals surface area contributed by atoms with Crippen LogP contribution in [0.15, 0.2) is 29.3 Å². The Morgan fingerprint density at radius 1 is 1.18 bits per heavy atom. The van der Waals surface area contributed by atoms with Crippen LogP contribution in [0.3, 0.4) is 0 Å². The van der Waals surface area contributed by atoms with Crippen molar-refractivity contribution in [2.75, 3.05) is 46.1 Å². The molecule has 6 heteroatoms. The number of ether oxygens (including phenoxy) is 3. The number of hydrogen-bond donors (Lipinski definition) is 2. The smallest absolute Gasteiger partial charge is 0.191 e. The van der Waals surface area contributed by atoms with E-state index < -0.39 is 0 Å². The van der Waals surface area contributed by atoms with Crippen LogP contribution in [0, 0.1) is 5.92 Å². The third-order valence-electron chi connectivity index (χ3n) is 4.59. The Morgan fingerprint density at radius 2 is 2.04 bits per heavy atom. The first-order valence-corrected chi connectivity index (χ1v) is 10.7. The van der Waals surface area contributed by atoms with Gasteiger partial charge in [0.05, 0.1) is 13.2 Å². The minimum Gasteiger partial charge on any atom is -0.494 e. The van der Waals surface area contributed by atoms with Gasteiger partial charge in [-0.2, -0.15) is 0 Å². The molecule has 0 unspecified atom stereocenters. The highest BCUT2D eigenvalue weighted by Crippen LogP contribution is 2.15. The number of nitrogens with one attached hydrogen (secondary N) is 2. The topological polar surface area (TPSA) is 64.1 Å². The van der Waals surface area contributed by atoms with Crippen LogP contribution in [0.5, 0.6) is 5.75 Å². The summed E-state index contributed by atoms with van der Waals surface area (Å²) in [5, 5.41) is 6.68. The molecule has 1 fully saturated rings. The van der Waals surface area contributed by atoms with Gasteiger partial charge in [0, 0.05) is 39.5 Å². The van der Waals surface area contributed by atoms with Gasteiger partial charge < -0.3 is 24.8 Å². The first kappa shape index (κ1) is 22.5. The van der Waals surface area contributed by atoms with Gasteiger partial charge in [-0.05, 0) is 56.2 Å². The normalized spacial score (nSPS) is 15.4. The zero-order valence-corrected chi connectivity index (χ0v) is 17.5. The van der Waals surface area contributed by atoms with E-state index in [1.54, 1.807) is 0 Å². The van der Waals surface area contributed by atoms with Crippen molar-refractivity contribution < 1.29 is 14.2 Å². The summed E-state index contributed by atoms with van der Waals surface area (Å²) >= 11 is 0. The molecule has 0 aromatic heterocycles. The molecule has 0 radical (unpaired) electrons. The highest BCUT2D eigenvalue weighted by molar-refractivity contribution is 5.79. The molecule has 1 saturated heterocycles. The van der Waals surface area contributed by atoms with Crippen LogP contribution >= 0.6 is 0 Å². The lowest BCUT2D eigenvalue weighted by Gasteiger charge is -2.21. The highest BCUT2D eigenvalue weighted by Gasteiger charge is 2.13. The minimum atomic E-state index is 0.624. The van der Waals surface area contributed by atoms with E-state index in [1.807, 2.05) is 12.1 Å². The van der Waals surface area contributed by atoms with Crippen molar-refractivity contribution >= 4 is 5.96 Å². The van der Waals surface area contributed by atoms with E-state index in [4.69, 9.17) is 14.2 Å². The molecule has 1 heterocycles. The Hall–Kier alpha value is -1.79. The fraction of sp³-hybridized carbons (Fsp3) is 0.682. The molecule has 28 heavy (non-hydrogen) atoms. The molecule has 0 bridgehead atoms. The summed E-state index contributed by atoms with van der Waals surface area (Å²) in [5.74, 6) is 2.42. The first-order valence-electron chi connectivity index (χ1n) is 10.7. The number of hydrogen-bond acceptors (Lipinski definition) is 4. The monoisotopic (exact) mass is 391 g/mol. The predicted octanol–water partition coefficient (Wildman–Crippen LogP) is 3.36. The van der Waals surface area contributed by atoms with Crippen LogP contribution in [0.2, 0.25) is 0 Å². The molecule has 158 valence electrons. The van der Waals surface area contributed by atoms with Gasteiger partial charge in [-0.15, -0.1) is 0 Å². The van der Waals surface area contributed by atoms with Crippen molar-refractivity contribution in [2.45, 2.75) is 46.1 Å². The number of aliphatic imine (C=N–C) groups is 1. The molecule has 1 aromatic rings. The van der Waals surface area contributed by atoms with Gasteiger partial charge in [0.15, 0.2) is 5.96 Å². The van der Waals surface area contributed by atoms with E-state index >= 15 is 0 Å². The van der Waals surface area contributed by atoms with Crippen LogP contribution < -0.4 is 15.4 Å². The quantitative estimate of drug-likeness (QED) is 0.325. The van der Waals surface area contributed by atoms with Gasteiger partial charge in [0.25, 0.3) is 0 Å². The highest BCUT2D eigenvalue weighted by atomic mass is 16.5. The van der Waals surface area contributed by atoms with Gasteiger partial charge in [-0.25, -0.2) is 4.99 Å². The van der Waals surface area contributed by atoms with E-state index in [1.165, 1.54) is 0 Å². The maximum Gasteiger partial charge on any atom is 0.191 e. The fourth-order valence-electron chi connectivity index (χ4n) is 3.01. The summed E-state index contributed by atoms with van der Waals surface area (Å²) < 4.78 is 16.9. The molecule has 1 aliphatic rings. The number of rotatable bonds is 12. The molecule has 6 nitrogen and oxygen atoms in total. The van der Waals surface area contributed by atoms with Gasteiger partial charge in [-0.3, -0.25) is 0 Å². The van der Waals surface area contributed by atoms with Crippen molar-refractivity contribution in [1.29, 1.82) is 0 Å². The Morgan fingerprint density at radius 3 is 2.82 bits per heavy atom. The average molecular weight is 392 g/mol. The Bertz CT molecular complexity index is 560. The third kappa shape index (κ3) is 9.42. The Kier molecular flexibility index (Phi) is 11.4. The van der Waals surface area contributed by atoms with E-state index in [2.05, 4.69) is 41.6 Å². The molecule has 2 N–H and O–H groups in total. The van der Waals surface area contributed by atoms with Crippen molar-refractivity contribution in [1.82, 2.24) is 10.6 Å². The molecule has 1 aliphatic heterocycles. The van der Waals surface area contributed by atoms with Crippen molar-refractivity contribution in [3.8, 4) is 5.75 Å². The summed E-state index contributed by atoms with van der Waals surface area (Å²) in [6.45, 7) is 10.6. The van der Waals surface area contributed by atoms with Gasteiger partial charge in [0.1, 0.15) is 5.75 Å². The average Bonchev–Trinajstić information content (AvgIpc) is 2.74. The molecule has 2 rings (SSSR count). The van der Waals surface area contributed by atoms with Crippen molar-refractivity contribution in [3.05, 3.63) is 29.8 Å². The van der Waals surface area contributed by atoms with E-state index in [9.17, 15) is 0 Å². The molecule has 0 saturated carbocycles. The second kappa shape index (κ2) is 14.2. The lowest BCUT2D eigenvalue weighted by atomic mass is 10.0. The van der Waals surface area contributed by atoms with E-state index in [0.29, 0.717) is 12.5 Å². The lowest BCUT2D eigenvalue weighted by molar-refractivity contribution is 0.0203. The molecular weight excluding hydrogens is 354 g/mol. The van der Waals surface area contributed by atoms with Crippen molar-refractivity contribution in [3.63, 3.8) is 0 Å². The zero-order chi connectivity index (χ0) is 19.9.